The fraction of sp³-hybridized carbons (Fsp3) is 0.222. The molecule has 3 aromatic rings. The summed E-state index contributed by atoms with van der Waals surface area (Å²) in [6.07, 6.45) is -3.46. The van der Waals surface area contributed by atoms with Crippen LogP contribution in [0.25, 0.3) is 5.65 Å². The molecule has 3 rings (SSSR count). The first-order chi connectivity index (χ1) is 12.8. The number of halogens is 3. The number of nitrogens with zero attached hydrogens (tertiary/aromatic N) is 2. The molecule has 0 atom stereocenters. The molecule has 1 amide bonds. The van der Waals surface area contributed by atoms with Gasteiger partial charge in [0.1, 0.15) is 11.4 Å². The van der Waals surface area contributed by atoms with Crippen molar-refractivity contribution < 1.29 is 27.4 Å². The molecule has 1 aromatic carbocycles. The molecule has 0 radical (unpaired) electrons. The van der Waals surface area contributed by atoms with Crippen LogP contribution < -0.4 is 14.8 Å². The SMILES string of the molecule is COc1cccc(CNC(=O)c2c(C(F)(F)F)nc3c(OC)cccn23)c1. The summed E-state index contributed by atoms with van der Waals surface area (Å²) >= 11 is 0. The highest BCUT2D eigenvalue weighted by atomic mass is 19.4. The number of carbonyl (C=O) groups excluding carboxylic acids is 1. The van der Waals surface area contributed by atoms with Crippen LogP contribution in [0, 0.1) is 0 Å². The van der Waals surface area contributed by atoms with Gasteiger partial charge in [-0.15, -0.1) is 0 Å². The number of rotatable bonds is 5. The quantitative estimate of drug-likeness (QED) is 0.739. The number of nitrogens with one attached hydrogen (secondary N) is 1. The van der Waals surface area contributed by atoms with Gasteiger partial charge < -0.3 is 14.8 Å². The first-order valence-electron chi connectivity index (χ1n) is 7.88. The molecule has 0 spiro atoms. The maximum Gasteiger partial charge on any atom is 0.435 e. The number of ether oxygens (including phenoxy) is 2. The molecule has 0 aliphatic rings. The van der Waals surface area contributed by atoms with Crippen molar-refractivity contribution in [2.45, 2.75) is 12.7 Å². The molecule has 0 fully saturated rings. The zero-order chi connectivity index (χ0) is 19.6. The summed E-state index contributed by atoms with van der Waals surface area (Å²) in [6, 6.07) is 9.81. The van der Waals surface area contributed by atoms with E-state index in [2.05, 4.69) is 10.3 Å². The second-order valence-corrected chi connectivity index (χ2v) is 5.61. The number of alkyl halides is 3. The standard InChI is InChI=1S/C18H16F3N3O3/c1-26-12-6-3-5-11(9-12)10-22-17(25)14-15(18(19,20)21)23-16-13(27-2)7-4-8-24(14)16/h3-9H,10H2,1-2H3,(H,22,25). The predicted molar refractivity (Wildman–Crippen MR) is 90.9 cm³/mol. The van der Waals surface area contributed by atoms with Crippen LogP contribution in [0.3, 0.4) is 0 Å². The Morgan fingerprint density at radius 2 is 1.96 bits per heavy atom. The molecule has 9 heteroatoms. The van der Waals surface area contributed by atoms with E-state index in [1.807, 2.05) is 0 Å². The highest BCUT2D eigenvalue weighted by molar-refractivity contribution is 5.95. The first kappa shape index (κ1) is 18.6. The summed E-state index contributed by atoms with van der Waals surface area (Å²) in [4.78, 5) is 16.2. The molecule has 27 heavy (non-hydrogen) atoms. The molecule has 0 unspecified atom stereocenters. The number of fused-ring (bicyclic) bond motifs is 1. The van der Waals surface area contributed by atoms with Gasteiger partial charge >= 0.3 is 6.18 Å². The maximum absolute atomic E-state index is 13.4. The average Bonchev–Trinajstić information content (AvgIpc) is 3.06. The van der Waals surface area contributed by atoms with Crippen molar-refractivity contribution in [2.24, 2.45) is 0 Å². The average molecular weight is 379 g/mol. The van der Waals surface area contributed by atoms with Gasteiger partial charge in [-0.1, -0.05) is 12.1 Å². The molecular weight excluding hydrogens is 363 g/mol. The molecule has 0 saturated carbocycles. The van der Waals surface area contributed by atoms with E-state index in [-0.39, 0.29) is 17.9 Å². The summed E-state index contributed by atoms with van der Waals surface area (Å²) in [7, 11) is 2.82. The molecule has 0 aliphatic carbocycles. The zero-order valence-corrected chi connectivity index (χ0v) is 14.5. The Labute approximate surface area is 152 Å². The Balaban J connectivity index is 1.97. The van der Waals surface area contributed by atoms with Gasteiger partial charge in [0.25, 0.3) is 5.91 Å². The molecule has 0 aliphatic heterocycles. The number of hydrogen-bond acceptors (Lipinski definition) is 4. The number of amides is 1. The van der Waals surface area contributed by atoms with Crippen molar-refractivity contribution in [3.63, 3.8) is 0 Å². The van der Waals surface area contributed by atoms with E-state index in [9.17, 15) is 18.0 Å². The molecule has 2 aromatic heterocycles. The Hall–Kier alpha value is -3.23. The van der Waals surface area contributed by atoms with Crippen LogP contribution >= 0.6 is 0 Å². The lowest BCUT2D eigenvalue weighted by molar-refractivity contribution is -0.141. The lowest BCUT2D eigenvalue weighted by Crippen LogP contribution is -2.27. The van der Waals surface area contributed by atoms with Gasteiger partial charge in [0.05, 0.1) is 14.2 Å². The van der Waals surface area contributed by atoms with E-state index in [4.69, 9.17) is 9.47 Å². The zero-order valence-electron chi connectivity index (χ0n) is 14.5. The van der Waals surface area contributed by atoms with E-state index < -0.39 is 23.5 Å². The second kappa shape index (κ2) is 7.18. The predicted octanol–water partition coefficient (Wildman–Crippen LogP) is 3.30. The maximum atomic E-state index is 13.4. The number of imidazole rings is 1. The van der Waals surface area contributed by atoms with Crippen LogP contribution in [0.2, 0.25) is 0 Å². The molecule has 1 N–H and O–H groups in total. The highest BCUT2D eigenvalue weighted by Gasteiger charge is 2.40. The minimum Gasteiger partial charge on any atom is -0.497 e. The lowest BCUT2D eigenvalue weighted by atomic mass is 10.2. The third-order valence-electron chi connectivity index (χ3n) is 3.90. The second-order valence-electron chi connectivity index (χ2n) is 5.61. The summed E-state index contributed by atoms with van der Waals surface area (Å²) in [6.45, 7) is 0.0323. The van der Waals surface area contributed by atoms with Crippen LogP contribution in [0.15, 0.2) is 42.6 Å². The third-order valence-corrected chi connectivity index (χ3v) is 3.90. The normalized spacial score (nSPS) is 11.4. The van der Waals surface area contributed by atoms with Crippen molar-refractivity contribution in [2.75, 3.05) is 14.2 Å². The van der Waals surface area contributed by atoms with Crippen LogP contribution in [-0.4, -0.2) is 29.5 Å². The van der Waals surface area contributed by atoms with Crippen molar-refractivity contribution in [1.82, 2.24) is 14.7 Å². The van der Waals surface area contributed by atoms with E-state index in [0.29, 0.717) is 11.3 Å². The minimum absolute atomic E-state index is 0.0323. The van der Waals surface area contributed by atoms with E-state index in [1.165, 1.54) is 32.5 Å². The van der Waals surface area contributed by atoms with E-state index in [0.717, 1.165) is 4.40 Å². The summed E-state index contributed by atoms with van der Waals surface area (Å²) < 4.78 is 51.5. The van der Waals surface area contributed by atoms with Gasteiger partial charge in [0.2, 0.25) is 0 Å². The topological polar surface area (TPSA) is 64.9 Å². The largest absolute Gasteiger partial charge is 0.497 e. The Kier molecular flexibility index (Phi) is 4.93. The highest BCUT2D eigenvalue weighted by Crippen LogP contribution is 2.34. The summed E-state index contributed by atoms with van der Waals surface area (Å²) in [5, 5.41) is 2.50. The van der Waals surface area contributed by atoms with Crippen molar-refractivity contribution in [3.8, 4) is 11.5 Å². The fourth-order valence-electron chi connectivity index (χ4n) is 2.67. The number of pyridine rings is 1. The van der Waals surface area contributed by atoms with Crippen LogP contribution in [0.4, 0.5) is 13.2 Å². The van der Waals surface area contributed by atoms with Gasteiger partial charge in [0, 0.05) is 12.7 Å². The smallest absolute Gasteiger partial charge is 0.435 e. The lowest BCUT2D eigenvalue weighted by Gasteiger charge is -2.10. The number of hydrogen-bond donors (Lipinski definition) is 1. The fourth-order valence-corrected chi connectivity index (χ4v) is 2.67. The van der Waals surface area contributed by atoms with Crippen LogP contribution in [0.5, 0.6) is 11.5 Å². The first-order valence-corrected chi connectivity index (χ1v) is 7.88. The van der Waals surface area contributed by atoms with Crippen molar-refractivity contribution in [1.29, 1.82) is 0 Å². The molecule has 142 valence electrons. The van der Waals surface area contributed by atoms with Gasteiger partial charge in [0.15, 0.2) is 17.1 Å². The van der Waals surface area contributed by atoms with Gasteiger partial charge in [-0.3, -0.25) is 9.20 Å². The number of benzene rings is 1. The molecule has 6 nitrogen and oxygen atoms in total. The number of methoxy groups -OCH3 is 2. The molecule has 0 bridgehead atoms. The van der Waals surface area contributed by atoms with E-state index in [1.54, 1.807) is 24.3 Å². The minimum atomic E-state index is -4.79. The summed E-state index contributed by atoms with van der Waals surface area (Å²) in [5.41, 5.74) is -1.27. The Morgan fingerprint density at radius 1 is 1.19 bits per heavy atom. The Morgan fingerprint density at radius 3 is 2.63 bits per heavy atom. The molecule has 0 saturated heterocycles. The van der Waals surface area contributed by atoms with E-state index >= 15 is 0 Å². The number of aromatic nitrogens is 2. The molecule has 2 heterocycles. The summed E-state index contributed by atoms with van der Waals surface area (Å²) in [5.74, 6) is -0.182. The third kappa shape index (κ3) is 3.67. The van der Waals surface area contributed by atoms with Crippen molar-refractivity contribution in [3.05, 3.63) is 59.5 Å². The molecular formula is C18H16F3N3O3. The van der Waals surface area contributed by atoms with Gasteiger partial charge in [-0.2, -0.15) is 13.2 Å². The van der Waals surface area contributed by atoms with Gasteiger partial charge in [-0.25, -0.2) is 4.98 Å². The van der Waals surface area contributed by atoms with Crippen LogP contribution in [0.1, 0.15) is 21.7 Å². The van der Waals surface area contributed by atoms with Crippen LogP contribution in [-0.2, 0) is 12.7 Å². The van der Waals surface area contributed by atoms with Crippen molar-refractivity contribution >= 4 is 11.6 Å². The monoisotopic (exact) mass is 379 g/mol. The number of carbonyl (C=O) groups is 1. The Bertz CT molecular complexity index is 983. The van der Waals surface area contributed by atoms with Gasteiger partial charge in [-0.05, 0) is 29.8 Å².